The van der Waals surface area contributed by atoms with Gasteiger partial charge in [-0.05, 0) is 29.8 Å². The fraction of sp³-hybridized carbons (Fsp3) is 0.125. The van der Waals surface area contributed by atoms with Gasteiger partial charge in [0, 0.05) is 17.6 Å². The molecule has 0 bridgehead atoms. The highest BCUT2D eigenvalue weighted by molar-refractivity contribution is 5.91. The summed E-state index contributed by atoms with van der Waals surface area (Å²) >= 11 is 0. The number of anilines is 1. The van der Waals surface area contributed by atoms with E-state index in [-0.39, 0.29) is 5.97 Å². The molecule has 0 unspecified atom stereocenters. The number of carbonyl (C=O) groups excluding carboxylic acids is 1. The van der Waals surface area contributed by atoms with Gasteiger partial charge in [0.1, 0.15) is 0 Å². The van der Waals surface area contributed by atoms with E-state index in [1.807, 2.05) is 36.4 Å². The quantitative estimate of drug-likeness (QED) is 0.721. The predicted octanol–water partition coefficient (Wildman–Crippen LogP) is 2.96. The van der Waals surface area contributed by atoms with Crippen LogP contribution in [0.1, 0.15) is 15.9 Å². The van der Waals surface area contributed by atoms with Gasteiger partial charge in [0.15, 0.2) is 0 Å². The molecule has 2 aromatic carbocycles. The molecule has 1 aromatic heterocycles. The van der Waals surface area contributed by atoms with Crippen molar-refractivity contribution >= 4 is 22.6 Å². The average molecular weight is 281 g/mol. The first-order valence-electron chi connectivity index (χ1n) is 6.61. The Labute approximate surface area is 121 Å². The minimum absolute atomic E-state index is 0.322. The molecule has 0 radical (unpaired) electrons. The molecule has 5 heteroatoms. The van der Waals surface area contributed by atoms with Crippen LogP contribution in [0.4, 0.5) is 5.69 Å². The van der Waals surface area contributed by atoms with Gasteiger partial charge in [0.2, 0.25) is 0 Å². The molecule has 0 amide bonds. The molecule has 21 heavy (non-hydrogen) atoms. The van der Waals surface area contributed by atoms with Crippen LogP contribution >= 0.6 is 0 Å². The third kappa shape index (κ3) is 2.72. The standard InChI is InChI=1S/C16H15N3O2/c1-21-16(20)14-5-3-2-4-11(14)9-17-13-6-7-15-12(8-13)10-18-19-15/h2-8,10,17H,9H2,1H3,(H,18,19). The predicted molar refractivity (Wildman–Crippen MR) is 81.2 cm³/mol. The van der Waals surface area contributed by atoms with E-state index in [0.29, 0.717) is 12.1 Å². The molecule has 0 saturated carbocycles. The van der Waals surface area contributed by atoms with Crippen LogP contribution in [0.15, 0.2) is 48.7 Å². The molecule has 0 aliphatic carbocycles. The van der Waals surface area contributed by atoms with Crippen LogP contribution in [-0.2, 0) is 11.3 Å². The lowest BCUT2D eigenvalue weighted by molar-refractivity contribution is 0.0599. The Hall–Kier alpha value is -2.82. The highest BCUT2D eigenvalue weighted by Gasteiger charge is 2.10. The molecule has 0 fully saturated rings. The molecule has 5 nitrogen and oxygen atoms in total. The molecule has 0 saturated heterocycles. The third-order valence-electron chi connectivity index (χ3n) is 3.35. The zero-order valence-electron chi connectivity index (χ0n) is 11.6. The van der Waals surface area contributed by atoms with Gasteiger partial charge < -0.3 is 10.1 Å². The lowest BCUT2D eigenvalue weighted by atomic mass is 10.1. The molecule has 0 atom stereocenters. The summed E-state index contributed by atoms with van der Waals surface area (Å²) in [5.74, 6) is -0.322. The third-order valence-corrected chi connectivity index (χ3v) is 3.35. The maximum Gasteiger partial charge on any atom is 0.338 e. The number of fused-ring (bicyclic) bond motifs is 1. The largest absolute Gasteiger partial charge is 0.465 e. The number of nitrogens with one attached hydrogen (secondary N) is 2. The van der Waals surface area contributed by atoms with Crippen LogP contribution in [0.2, 0.25) is 0 Å². The Morgan fingerprint density at radius 2 is 2.14 bits per heavy atom. The Kier molecular flexibility index (Phi) is 3.55. The molecule has 0 aliphatic heterocycles. The van der Waals surface area contributed by atoms with Crippen LogP contribution in [0.5, 0.6) is 0 Å². The van der Waals surface area contributed by atoms with Crippen molar-refractivity contribution in [1.82, 2.24) is 10.2 Å². The number of nitrogens with zero attached hydrogens (tertiary/aromatic N) is 1. The molecule has 0 aliphatic rings. The lowest BCUT2D eigenvalue weighted by Crippen LogP contribution is -2.09. The van der Waals surface area contributed by atoms with E-state index in [0.717, 1.165) is 22.2 Å². The average Bonchev–Trinajstić information content (AvgIpc) is 3.00. The minimum atomic E-state index is -0.322. The molecular formula is C16H15N3O2. The second-order valence-corrected chi connectivity index (χ2v) is 4.67. The number of carbonyl (C=O) groups is 1. The van der Waals surface area contributed by atoms with Gasteiger partial charge in [-0.15, -0.1) is 0 Å². The number of hydrogen-bond acceptors (Lipinski definition) is 4. The first kappa shape index (κ1) is 13.2. The zero-order chi connectivity index (χ0) is 14.7. The molecule has 2 N–H and O–H groups in total. The van der Waals surface area contributed by atoms with Crippen molar-refractivity contribution in [2.45, 2.75) is 6.54 Å². The van der Waals surface area contributed by atoms with Crippen molar-refractivity contribution < 1.29 is 9.53 Å². The number of ether oxygens (including phenoxy) is 1. The van der Waals surface area contributed by atoms with Crippen LogP contribution in [0.25, 0.3) is 10.9 Å². The van der Waals surface area contributed by atoms with Crippen molar-refractivity contribution in [3.8, 4) is 0 Å². The summed E-state index contributed by atoms with van der Waals surface area (Å²) in [5, 5.41) is 11.3. The highest BCUT2D eigenvalue weighted by Crippen LogP contribution is 2.18. The van der Waals surface area contributed by atoms with Crippen molar-refractivity contribution in [3.63, 3.8) is 0 Å². The summed E-state index contributed by atoms with van der Waals surface area (Å²) in [6.45, 7) is 0.550. The monoisotopic (exact) mass is 281 g/mol. The summed E-state index contributed by atoms with van der Waals surface area (Å²) in [5.41, 5.74) is 3.45. The first-order chi connectivity index (χ1) is 10.3. The van der Waals surface area contributed by atoms with Gasteiger partial charge in [-0.2, -0.15) is 5.10 Å². The van der Waals surface area contributed by atoms with Gasteiger partial charge in [0.05, 0.1) is 24.4 Å². The van der Waals surface area contributed by atoms with E-state index in [9.17, 15) is 4.79 Å². The fourth-order valence-corrected chi connectivity index (χ4v) is 2.23. The lowest BCUT2D eigenvalue weighted by Gasteiger charge is -2.10. The van der Waals surface area contributed by atoms with E-state index in [1.54, 1.807) is 12.3 Å². The van der Waals surface area contributed by atoms with E-state index >= 15 is 0 Å². The number of H-pyrrole nitrogens is 1. The summed E-state index contributed by atoms with van der Waals surface area (Å²) in [7, 11) is 1.39. The molecule has 3 aromatic rings. The highest BCUT2D eigenvalue weighted by atomic mass is 16.5. The van der Waals surface area contributed by atoms with Gasteiger partial charge in [-0.1, -0.05) is 18.2 Å². The van der Waals surface area contributed by atoms with Gasteiger partial charge in [-0.25, -0.2) is 4.79 Å². The molecule has 106 valence electrons. The normalized spacial score (nSPS) is 10.5. The van der Waals surface area contributed by atoms with Crippen LogP contribution < -0.4 is 5.32 Å². The van der Waals surface area contributed by atoms with Crippen molar-refractivity contribution in [2.24, 2.45) is 0 Å². The van der Waals surface area contributed by atoms with E-state index in [4.69, 9.17) is 4.74 Å². The topological polar surface area (TPSA) is 67.0 Å². The summed E-state index contributed by atoms with van der Waals surface area (Å²) in [6, 6.07) is 13.4. The number of aromatic nitrogens is 2. The van der Waals surface area contributed by atoms with E-state index < -0.39 is 0 Å². The second kappa shape index (κ2) is 5.66. The Balaban J connectivity index is 1.79. The summed E-state index contributed by atoms with van der Waals surface area (Å²) < 4.78 is 4.80. The number of hydrogen-bond donors (Lipinski definition) is 2. The van der Waals surface area contributed by atoms with Crippen LogP contribution in [0.3, 0.4) is 0 Å². The summed E-state index contributed by atoms with van der Waals surface area (Å²) in [4.78, 5) is 11.7. The maximum atomic E-state index is 11.7. The first-order valence-corrected chi connectivity index (χ1v) is 6.61. The molecule has 3 rings (SSSR count). The Morgan fingerprint density at radius 1 is 1.29 bits per heavy atom. The van der Waals surface area contributed by atoms with E-state index in [2.05, 4.69) is 15.5 Å². The van der Waals surface area contributed by atoms with Gasteiger partial charge in [-0.3, -0.25) is 5.10 Å². The number of rotatable bonds is 4. The fourth-order valence-electron chi connectivity index (χ4n) is 2.23. The zero-order valence-corrected chi connectivity index (χ0v) is 11.6. The molecule has 1 heterocycles. The van der Waals surface area contributed by atoms with Crippen molar-refractivity contribution in [1.29, 1.82) is 0 Å². The number of methoxy groups -OCH3 is 1. The minimum Gasteiger partial charge on any atom is -0.465 e. The number of benzene rings is 2. The maximum absolute atomic E-state index is 11.7. The van der Waals surface area contributed by atoms with Crippen LogP contribution in [-0.4, -0.2) is 23.3 Å². The van der Waals surface area contributed by atoms with Gasteiger partial charge >= 0.3 is 5.97 Å². The van der Waals surface area contributed by atoms with E-state index in [1.165, 1.54) is 7.11 Å². The second-order valence-electron chi connectivity index (χ2n) is 4.67. The smallest absolute Gasteiger partial charge is 0.338 e. The Morgan fingerprint density at radius 3 is 3.00 bits per heavy atom. The van der Waals surface area contributed by atoms with Crippen molar-refractivity contribution in [2.75, 3.05) is 12.4 Å². The number of esters is 1. The molecular weight excluding hydrogens is 266 g/mol. The van der Waals surface area contributed by atoms with Crippen molar-refractivity contribution in [3.05, 3.63) is 59.8 Å². The summed E-state index contributed by atoms with van der Waals surface area (Å²) in [6.07, 6.45) is 1.78. The Bertz CT molecular complexity index is 780. The molecule has 0 spiro atoms. The number of aromatic amines is 1. The van der Waals surface area contributed by atoms with Crippen LogP contribution in [0, 0.1) is 0 Å². The van der Waals surface area contributed by atoms with Gasteiger partial charge in [0.25, 0.3) is 0 Å². The SMILES string of the molecule is COC(=O)c1ccccc1CNc1ccc2[nH]ncc2c1.